The van der Waals surface area contributed by atoms with Crippen molar-refractivity contribution in [3.63, 3.8) is 0 Å². The van der Waals surface area contributed by atoms with Crippen molar-refractivity contribution in [2.45, 2.75) is 19.4 Å². The standard InChI is InChI=1S/C21H22ClNO4/c1-26-19-7-3-2-5-17(19)14-27-21(25)16-6-4-12-23(13-16)20(24)15-8-10-18(22)11-9-15/h2-3,5,7-11,16H,4,6,12-14H2,1H3/t16-/m0/s1. The number of para-hydroxylation sites is 1. The third-order valence-corrected chi connectivity index (χ3v) is 4.95. The molecule has 0 bridgehead atoms. The number of rotatable bonds is 5. The smallest absolute Gasteiger partial charge is 0.311 e. The predicted octanol–water partition coefficient (Wildman–Crippen LogP) is 3.94. The molecule has 0 spiro atoms. The summed E-state index contributed by atoms with van der Waals surface area (Å²) in [6.45, 7) is 1.16. The van der Waals surface area contributed by atoms with Crippen molar-refractivity contribution in [2.75, 3.05) is 20.2 Å². The van der Waals surface area contributed by atoms with E-state index in [9.17, 15) is 9.59 Å². The molecule has 0 saturated carbocycles. The van der Waals surface area contributed by atoms with Crippen LogP contribution in [0.5, 0.6) is 5.75 Å². The first kappa shape index (κ1) is 19.2. The molecule has 5 nitrogen and oxygen atoms in total. The maximum Gasteiger partial charge on any atom is 0.311 e. The third kappa shape index (κ3) is 4.80. The molecule has 142 valence electrons. The average molecular weight is 388 g/mol. The number of piperidine rings is 1. The first-order chi connectivity index (χ1) is 13.1. The molecular weight excluding hydrogens is 366 g/mol. The summed E-state index contributed by atoms with van der Waals surface area (Å²) in [5.41, 5.74) is 1.39. The van der Waals surface area contributed by atoms with Crippen LogP contribution in [0.1, 0.15) is 28.8 Å². The molecular formula is C21H22ClNO4. The molecule has 1 aliphatic rings. The predicted molar refractivity (Wildman–Crippen MR) is 103 cm³/mol. The van der Waals surface area contributed by atoms with Gasteiger partial charge in [-0.1, -0.05) is 29.8 Å². The van der Waals surface area contributed by atoms with E-state index < -0.39 is 0 Å². The number of halogens is 1. The van der Waals surface area contributed by atoms with Gasteiger partial charge in [0.1, 0.15) is 12.4 Å². The highest BCUT2D eigenvalue weighted by atomic mass is 35.5. The minimum absolute atomic E-state index is 0.0890. The lowest BCUT2D eigenvalue weighted by Crippen LogP contribution is -2.42. The summed E-state index contributed by atoms with van der Waals surface area (Å²) in [5, 5.41) is 0.586. The molecule has 6 heteroatoms. The molecule has 2 aromatic carbocycles. The van der Waals surface area contributed by atoms with Gasteiger partial charge in [-0.25, -0.2) is 0 Å². The second kappa shape index (κ2) is 8.91. The van der Waals surface area contributed by atoms with E-state index in [1.54, 1.807) is 36.3 Å². The van der Waals surface area contributed by atoms with Gasteiger partial charge < -0.3 is 14.4 Å². The van der Waals surface area contributed by atoms with Gasteiger partial charge in [-0.2, -0.15) is 0 Å². The fourth-order valence-corrected chi connectivity index (χ4v) is 3.34. The second-order valence-electron chi connectivity index (χ2n) is 6.52. The Bertz CT molecular complexity index is 806. The van der Waals surface area contributed by atoms with Crippen LogP contribution in [0.15, 0.2) is 48.5 Å². The Morgan fingerprint density at radius 3 is 2.63 bits per heavy atom. The van der Waals surface area contributed by atoms with Gasteiger partial charge >= 0.3 is 5.97 Å². The summed E-state index contributed by atoms with van der Waals surface area (Å²) in [4.78, 5) is 26.9. The van der Waals surface area contributed by atoms with E-state index in [2.05, 4.69) is 0 Å². The number of nitrogens with zero attached hydrogens (tertiary/aromatic N) is 1. The average Bonchev–Trinajstić information content (AvgIpc) is 2.72. The lowest BCUT2D eigenvalue weighted by atomic mass is 9.97. The molecule has 1 heterocycles. The Balaban J connectivity index is 1.59. The van der Waals surface area contributed by atoms with Crippen molar-refractivity contribution in [3.05, 3.63) is 64.7 Å². The van der Waals surface area contributed by atoms with Crippen LogP contribution in [0.3, 0.4) is 0 Å². The fraction of sp³-hybridized carbons (Fsp3) is 0.333. The number of methoxy groups -OCH3 is 1. The molecule has 3 rings (SSSR count). The topological polar surface area (TPSA) is 55.8 Å². The molecule has 1 atom stereocenters. The minimum Gasteiger partial charge on any atom is -0.496 e. The molecule has 0 radical (unpaired) electrons. The fourth-order valence-electron chi connectivity index (χ4n) is 3.22. The van der Waals surface area contributed by atoms with Crippen LogP contribution in [-0.4, -0.2) is 37.0 Å². The molecule has 1 amide bonds. The number of hydrogen-bond acceptors (Lipinski definition) is 4. The monoisotopic (exact) mass is 387 g/mol. The third-order valence-electron chi connectivity index (χ3n) is 4.70. The van der Waals surface area contributed by atoms with Crippen LogP contribution >= 0.6 is 11.6 Å². The molecule has 0 N–H and O–H groups in total. The lowest BCUT2D eigenvalue weighted by molar-refractivity contribution is -0.151. The lowest BCUT2D eigenvalue weighted by Gasteiger charge is -2.31. The second-order valence-corrected chi connectivity index (χ2v) is 6.95. The Kier molecular flexibility index (Phi) is 6.35. The Labute approximate surface area is 163 Å². The van der Waals surface area contributed by atoms with E-state index in [0.29, 0.717) is 29.4 Å². The van der Waals surface area contributed by atoms with E-state index in [1.807, 2.05) is 24.3 Å². The molecule has 1 fully saturated rings. The Morgan fingerprint density at radius 2 is 1.89 bits per heavy atom. The molecule has 27 heavy (non-hydrogen) atoms. The molecule has 0 aliphatic carbocycles. The van der Waals surface area contributed by atoms with E-state index >= 15 is 0 Å². The molecule has 0 unspecified atom stereocenters. The summed E-state index contributed by atoms with van der Waals surface area (Å²) in [6.07, 6.45) is 1.49. The van der Waals surface area contributed by atoms with Crippen LogP contribution in [0, 0.1) is 5.92 Å². The number of ether oxygens (including phenoxy) is 2. The number of benzene rings is 2. The van der Waals surface area contributed by atoms with E-state index in [4.69, 9.17) is 21.1 Å². The summed E-state index contributed by atoms with van der Waals surface area (Å²) >= 11 is 5.88. The number of hydrogen-bond donors (Lipinski definition) is 0. The van der Waals surface area contributed by atoms with Gasteiger partial charge in [0.2, 0.25) is 0 Å². The van der Waals surface area contributed by atoms with Crippen molar-refractivity contribution >= 4 is 23.5 Å². The normalized spacial score (nSPS) is 16.7. The van der Waals surface area contributed by atoms with Crippen molar-refractivity contribution in [1.82, 2.24) is 4.90 Å². The number of carbonyl (C=O) groups is 2. The van der Waals surface area contributed by atoms with Gasteiger partial charge in [0, 0.05) is 29.2 Å². The van der Waals surface area contributed by atoms with Crippen molar-refractivity contribution in [1.29, 1.82) is 0 Å². The summed E-state index contributed by atoms with van der Waals surface area (Å²) < 4.78 is 10.8. The van der Waals surface area contributed by atoms with Gasteiger partial charge in [0.25, 0.3) is 5.91 Å². The number of likely N-dealkylation sites (tertiary alicyclic amines) is 1. The number of carbonyl (C=O) groups excluding carboxylic acids is 2. The summed E-state index contributed by atoms with van der Waals surface area (Å²) in [5.74, 6) is 0.00148. The largest absolute Gasteiger partial charge is 0.496 e. The zero-order valence-corrected chi connectivity index (χ0v) is 15.9. The highest BCUT2D eigenvalue weighted by Gasteiger charge is 2.30. The maximum absolute atomic E-state index is 12.7. The first-order valence-electron chi connectivity index (χ1n) is 8.92. The van der Waals surface area contributed by atoms with E-state index in [0.717, 1.165) is 18.4 Å². The van der Waals surface area contributed by atoms with Crippen molar-refractivity contribution in [2.24, 2.45) is 5.92 Å². The molecule has 1 saturated heterocycles. The molecule has 1 aliphatic heterocycles. The highest BCUT2D eigenvalue weighted by Crippen LogP contribution is 2.23. The van der Waals surface area contributed by atoms with Crippen LogP contribution in [0.25, 0.3) is 0 Å². The maximum atomic E-state index is 12.7. The van der Waals surface area contributed by atoms with Gasteiger partial charge in [-0.3, -0.25) is 9.59 Å². The van der Waals surface area contributed by atoms with E-state index in [1.165, 1.54) is 0 Å². The highest BCUT2D eigenvalue weighted by molar-refractivity contribution is 6.30. The summed E-state index contributed by atoms with van der Waals surface area (Å²) in [7, 11) is 1.59. The van der Waals surface area contributed by atoms with Crippen LogP contribution < -0.4 is 4.74 Å². The summed E-state index contributed by atoms with van der Waals surface area (Å²) in [6, 6.07) is 14.2. The van der Waals surface area contributed by atoms with Gasteiger partial charge in [0.15, 0.2) is 0 Å². The number of esters is 1. The first-order valence-corrected chi connectivity index (χ1v) is 9.29. The van der Waals surface area contributed by atoms with Crippen molar-refractivity contribution < 1.29 is 19.1 Å². The van der Waals surface area contributed by atoms with Gasteiger partial charge in [-0.05, 0) is 43.2 Å². The zero-order valence-electron chi connectivity index (χ0n) is 15.2. The van der Waals surface area contributed by atoms with Crippen LogP contribution in [-0.2, 0) is 16.1 Å². The Hall–Kier alpha value is -2.53. The quantitative estimate of drug-likeness (QED) is 0.729. The van der Waals surface area contributed by atoms with Gasteiger partial charge in [0.05, 0.1) is 13.0 Å². The van der Waals surface area contributed by atoms with Crippen LogP contribution in [0.2, 0.25) is 5.02 Å². The molecule has 2 aromatic rings. The minimum atomic E-state index is -0.315. The molecule has 0 aromatic heterocycles. The number of amides is 1. The zero-order chi connectivity index (χ0) is 19.2. The van der Waals surface area contributed by atoms with E-state index in [-0.39, 0.29) is 24.4 Å². The SMILES string of the molecule is COc1ccccc1COC(=O)[C@H]1CCCN(C(=O)c2ccc(Cl)cc2)C1. The van der Waals surface area contributed by atoms with Crippen molar-refractivity contribution in [3.8, 4) is 5.75 Å². The van der Waals surface area contributed by atoms with Gasteiger partial charge in [-0.15, -0.1) is 0 Å². The van der Waals surface area contributed by atoms with Crippen LogP contribution in [0.4, 0.5) is 0 Å². The Morgan fingerprint density at radius 1 is 1.15 bits per heavy atom.